The summed E-state index contributed by atoms with van der Waals surface area (Å²) in [7, 11) is -3.10. The van der Waals surface area contributed by atoms with Crippen LogP contribution in [-0.2, 0) is 21.2 Å². The third kappa shape index (κ3) is 4.76. The van der Waals surface area contributed by atoms with Crippen molar-refractivity contribution in [2.24, 2.45) is 4.99 Å². The Kier molecular flexibility index (Phi) is 5.85. The van der Waals surface area contributed by atoms with Crippen LogP contribution in [-0.4, -0.2) is 53.8 Å². The number of hydrogen-bond acceptors (Lipinski definition) is 5. The van der Waals surface area contributed by atoms with Crippen LogP contribution in [0.25, 0.3) is 0 Å². The van der Waals surface area contributed by atoms with Crippen molar-refractivity contribution in [2.75, 3.05) is 18.1 Å². The minimum Gasteiger partial charge on any atom is -0.484 e. The predicted octanol–water partition coefficient (Wildman–Crippen LogP) is 3.02. The Bertz CT molecular complexity index is 1040. The van der Waals surface area contributed by atoms with E-state index in [0.717, 1.165) is 5.56 Å². The van der Waals surface area contributed by atoms with Crippen LogP contribution in [0.15, 0.2) is 59.6 Å². The van der Waals surface area contributed by atoms with Crippen molar-refractivity contribution < 1.29 is 17.9 Å². The fourth-order valence-electron chi connectivity index (χ4n) is 3.43. The molecule has 0 radical (unpaired) electrons. The molecule has 2 heterocycles. The molecule has 1 amide bonds. The number of hydrogen-bond donors (Lipinski definition) is 0. The van der Waals surface area contributed by atoms with Crippen LogP contribution in [0.4, 0.5) is 0 Å². The molecule has 2 aliphatic heterocycles. The van der Waals surface area contributed by atoms with Gasteiger partial charge in [0.1, 0.15) is 5.75 Å². The first-order chi connectivity index (χ1) is 13.9. The maximum atomic E-state index is 12.4. The molecular weight excluding hydrogens is 432 g/mol. The van der Waals surface area contributed by atoms with Gasteiger partial charge >= 0.3 is 0 Å². The molecule has 0 bridgehead atoms. The van der Waals surface area contributed by atoms with Crippen molar-refractivity contribution in [2.45, 2.75) is 17.8 Å². The number of carbonyl (C=O) groups is 1. The normalized spacial score (nSPS) is 23.9. The number of amides is 1. The van der Waals surface area contributed by atoms with Gasteiger partial charge in [-0.1, -0.05) is 59.8 Å². The van der Waals surface area contributed by atoms with E-state index in [9.17, 15) is 13.2 Å². The molecule has 2 atom stereocenters. The first-order valence-electron chi connectivity index (χ1n) is 9.08. The summed E-state index contributed by atoms with van der Waals surface area (Å²) in [5.41, 5.74) is 0.861. The Hall–Kier alpha value is -2.03. The van der Waals surface area contributed by atoms with E-state index >= 15 is 0 Å². The van der Waals surface area contributed by atoms with Crippen LogP contribution in [0, 0.1) is 0 Å². The molecule has 2 aromatic rings. The Morgan fingerprint density at radius 1 is 1.14 bits per heavy atom. The van der Waals surface area contributed by atoms with Gasteiger partial charge in [0.25, 0.3) is 5.91 Å². The van der Waals surface area contributed by atoms with Crippen LogP contribution in [0.3, 0.4) is 0 Å². The third-order valence-electron chi connectivity index (χ3n) is 4.80. The molecule has 2 saturated heterocycles. The molecule has 2 fully saturated rings. The number of carbonyl (C=O) groups excluding carboxylic acids is 1. The minimum atomic E-state index is -3.10. The molecule has 0 N–H and O–H groups in total. The van der Waals surface area contributed by atoms with Crippen molar-refractivity contribution in [3.05, 3.63) is 65.2 Å². The quantitative estimate of drug-likeness (QED) is 0.697. The molecule has 0 saturated carbocycles. The Morgan fingerprint density at radius 3 is 2.62 bits per heavy atom. The van der Waals surface area contributed by atoms with Gasteiger partial charge in [0.05, 0.1) is 17.5 Å². The van der Waals surface area contributed by atoms with Crippen LogP contribution in [0.1, 0.15) is 5.56 Å². The van der Waals surface area contributed by atoms with Gasteiger partial charge in [-0.2, -0.15) is 4.99 Å². The number of aliphatic imine (C=N–C) groups is 1. The number of sulfone groups is 1. The lowest BCUT2D eigenvalue weighted by Gasteiger charge is -2.25. The fraction of sp³-hybridized carbons (Fsp3) is 0.300. The van der Waals surface area contributed by atoms with Crippen molar-refractivity contribution in [1.29, 1.82) is 0 Å². The molecular formula is C20H19ClN2O4S2. The van der Waals surface area contributed by atoms with Gasteiger partial charge in [-0.05, 0) is 23.8 Å². The van der Waals surface area contributed by atoms with E-state index in [0.29, 0.717) is 22.5 Å². The average Bonchev–Trinajstić information content (AvgIpc) is 3.14. The van der Waals surface area contributed by atoms with Crippen molar-refractivity contribution >= 4 is 44.3 Å². The van der Waals surface area contributed by atoms with Gasteiger partial charge in [0.15, 0.2) is 21.6 Å². The maximum absolute atomic E-state index is 12.4. The lowest BCUT2D eigenvalue weighted by molar-refractivity contribution is -0.119. The number of rotatable bonds is 5. The monoisotopic (exact) mass is 450 g/mol. The Labute approximate surface area is 178 Å². The number of thioether (sulfide) groups is 1. The summed E-state index contributed by atoms with van der Waals surface area (Å²) in [6.07, 6.45) is 0. The lowest BCUT2D eigenvalue weighted by atomic mass is 10.1. The van der Waals surface area contributed by atoms with E-state index in [1.807, 2.05) is 41.3 Å². The van der Waals surface area contributed by atoms with E-state index in [1.54, 1.807) is 18.2 Å². The number of ether oxygens (including phenoxy) is 1. The van der Waals surface area contributed by atoms with Crippen molar-refractivity contribution in [1.82, 2.24) is 4.90 Å². The van der Waals surface area contributed by atoms with Crippen LogP contribution in [0.5, 0.6) is 5.75 Å². The summed E-state index contributed by atoms with van der Waals surface area (Å²) in [6, 6.07) is 16.2. The highest BCUT2D eigenvalue weighted by Gasteiger charge is 2.48. The van der Waals surface area contributed by atoms with Gasteiger partial charge in [-0.3, -0.25) is 4.79 Å². The minimum absolute atomic E-state index is 0.0584. The SMILES string of the molecule is O=C(COc1ccccc1)N=C1S[C@H]2CS(=O)(=O)C[C@@H]2N1Cc1ccccc1Cl. The Balaban J connectivity index is 1.53. The molecule has 0 unspecified atom stereocenters. The zero-order chi connectivity index (χ0) is 20.4. The molecule has 2 aliphatic rings. The lowest BCUT2D eigenvalue weighted by Crippen LogP contribution is -2.37. The van der Waals surface area contributed by atoms with Crippen LogP contribution in [0.2, 0.25) is 5.02 Å². The third-order valence-corrected chi connectivity index (χ3v) is 8.42. The first-order valence-corrected chi connectivity index (χ1v) is 12.2. The number of amidine groups is 1. The number of benzene rings is 2. The summed E-state index contributed by atoms with van der Waals surface area (Å²) in [4.78, 5) is 18.5. The van der Waals surface area contributed by atoms with Gasteiger partial charge < -0.3 is 9.64 Å². The number of nitrogens with zero attached hydrogens (tertiary/aromatic N) is 2. The summed E-state index contributed by atoms with van der Waals surface area (Å²) in [6.45, 7) is 0.219. The van der Waals surface area contributed by atoms with E-state index in [-0.39, 0.29) is 29.4 Å². The molecule has 0 spiro atoms. The number of fused-ring (bicyclic) bond motifs is 1. The van der Waals surface area contributed by atoms with Gasteiger partial charge in [-0.25, -0.2) is 8.42 Å². The summed E-state index contributed by atoms with van der Waals surface area (Å²) in [5, 5.41) is 0.987. The molecule has 9 heteroatoms. The highest BCUT2D eigenvalue weighted by Crippen LogP contribution is 2.39. The highest BCUT2D eigenvalue weighted by molar-refractivity contribution is 8.15. The molecule has 4 rings (SSSR count). The molecule has 2 aromatic carbocycles. The van der Waals surface area contributed by atoms with E-state index in [2.05, 4.69) is 4.99 Å². The van der Waals surface area contributed by atoms with Crippen molar-refractivity contribution in [3.8, 4) is 5.75 Å². The average molecular weight is 451 g/mol. The summed E-state index contributed by atoms with van der Waals surface area (Å²) < 4.78 is 29.7. The molecule has 29 heavy (non-hydrogen) atoms. The van der Waals surface area contributed by atoms with E-state index in [4.69, 9.17) is 16.3 Å². The topological polar surface area (TPSA) is 76.0 Å². The molecule has 6 nitrogen and oxygen atoms in total. The number of para-hydroxylation sites is 1. The van der Waals surface area contributed by atoms with E-state index in [1.165, 1.54) is 11.8 Å². The fourth-order valence-corrected chi connectivity index (χ4v) is 7.60. The van der Waals surface area contributed by atoms with Gasteiger partial charge in [0, 0.05) is 16.8 Å². The first kappa shape index (κ1) is 20.3. The predicted molar refractivity (Wildman–Crippen MR) is 115 cm³/mol. The highest BCUT2D eigenvalue weighted by atomic mass is 35.5. The van der Waals surface area contributed by atoms with Crippen molar-refractivity contribution in [3.63, 3.8) is 0 Å². The summed E-state index contributed by atoms with van der Waals surface area (Å²) in [5.74, 6) is 0.331. The smallest absolute Gasteiger partial charge is 0.285 e. The standard InChI is InChI=1S/C20H19ClN2O4S2/c21-16-9-5-4-6-14(16)10-23-17-12-29(25,26)13-18(17)28-20(23)22-19(24)11-27-15-7-2-1-3-8-15/h1-9,17-18H,10-13H2/t17-,18-/m0/s1. The van der Waals surface area contributed by atoms with Gasteiger partial charge in [-0.15, -0.1) is 0 Å². The maximum Gasteiger partial charge on any atom is 0.285 e. The van der Waals surface area contributed by atoms with Crippen LogP contribution < -0.4 is 4.74 Å². The number of halogens is 1. The second-order valence-electron chi connectivity index (χ2n) is 6.91. The Morgan fingerprint density at radius 2 is 1.86 bits per heavy atom. The van der Waals surface area contributed by atoms with Crippen LogP contribution >= 0.6 is 23.4 Å². The molecule has 0 aromatic heterocycles. The molecule has 152 valence electrons. The zero-order valence-electron chi connectivity index (χ0n) is 15.4. The zero-order valence-corrected chi connectivity index (χ0v) is 17.8. The second kappa shape index (κ2) is 8.38. The summed E-state index contributed by atoms with van der Waals surface area (Å²) >= 11 is 7.64. The van der Waals surface area contributed by atoms with Gasteiger partial charge in [0.2, 0.25) is 0 Å². The molecule has 0 aliphatic carbocycles. The largest absolute Gasteiger partial charge is 0.484 e. The second-order valence-corrected chi connectivity index (χ2v) is 10.7. The van der Waals surface area contributed by atoms with E-state index < -0.39 is 15.7 Å².